The third-order valence-electron chi connectivity index (χ3n) is 3.59. The van der Waals surface area contributed by atoms with Gasteiger partial charge in [-0.25, -0.2) is 0 Å². The molecule has 6 heteroatoms. The quantitative estimate of drug-likeness (QED) is 0.812. The van der Waals surface area contributed by atoms with E-state index in [0.29, 0.717) is 26.2 Å². The van der Waals surface area contributed by atoms with E-state index in [4.69, 9.17) is 10.5 Å². The van der Waals surface area contributed by atoms with Crippen LogP contribution in [0, 0.1) is 0 Å². The third kappa shape index (κ3) is 3.02. The molecule has 1 aromatic carbocycles. The fraction of sp³-hybridized carbons (Fsp3) is 0.500. The van der Waals surface area contributed by atoms with Gasteiger partial charge in [-0.3, -0.25) is 4.79 Å². The summed E-state index contributed by atoms with van der Waals surface area (Å²) in [4.78, 5) is 16.0. The number of nitrogens with two attached hydrogens (primary N) is 1. The Morgan fingerprint density at radius 1 is 1.35 bits per heavy atom. The zero-order chi connectivity index (χ0) is 14.5. The molecule has 3 N–H and O–H groups in total. The van der Waals surface area contributed by atoms with Crippen molar-refractivity contribution in [3.8, 4) is 5.75 Å². The minimum atomic E-state index is -0.563. The van der Waals surface area contributed by atoms with Crippen molar-refractivity contribution in [3.63, 3.8) is 0 Å². The first-order valence-corrected chi connectivity index (χ1v) is 6.72. The molecule has 1 aliphatic heterocycles. The Morgan fingerprint density at radius 2 is 2.00 bits per heavy atom. The van der Waals surface area contributed by atoms with Crippen LogP contribution in [0.5, 0.6) is 5.75 Å². The first kappa shape index (κ1) is 14.6. The number of ether oxygens (including phenoxy) is 1. The molecule has 0 saturated carbocycles. The van der Waals surface area contributed by atoms with Crippen LogP contribution in [-0.4, -0.2) is 61.9 Å². The molecule has 0 spiro atoms. The molecule has 6 nitrogen and oxygen atoms in total. The molecule has 0 radical (unpaired) electrons. The number of methoxy groups -OCH3 is 1. The molecule has 1 heterocycles. The molecule has 1 atom stereocenters. The number of aromatic hydroxyl groups is 1. The lowest BCUT2D eigenvalue weighted by Crippen LogP contribution is -2.53. The second-order valence-electron chi connectivity index (χ2n) is 4.76. The van der Waals surface area contributed by atoms with E-state index < -0.39 is 6.10 Å². The van der Waals surface area contributed by atoms with Crippen molar-refractivity contribution >= 4 is 11.6 Å². The molecule has 0 aliphatic carbocycles. The molecule has 20 heavy (non-hydrogen) atoms. The molecule has 1 amide bonds. The topological polar surface area (TPSA) is 79.0 Å². The first-order chi connectivity index (χ1) is 9.67. The lowest BCUT2D eigenvalue weighted by atomic mass is 10.2. The van der Waals surface area contributed by atoms with Crippen molar-refractivity contribution in [2.45, 2.75) is 6.10 Å². The van der Waals surface area contributed by atoms with Gasteiger partial charge in [0.1, 0.15) is 11.9 Å². The highest BCUT2D eigenvalue weighted by Gasteiger charge is 2.27. The lowest BCUT2D eigenvalue weighted by Gasteiger charge is -2.37. The minimum Gasteiger partial charge on any atom is -0.506 e. The molecular formula is C14H21N3O3. The van der Waals surface area contributed by atoms with E-state index in [2.05, 4.69) is 4.90 Å². The van der Waals surface area contributed by atoms with Gasteiger partial charge in [-0.05, 0) is 12.1 Å². The van der Waals surface area contributed by atoms with Crippen LogP contribution in [0.2, 0.25) is 0 Å². The Balaban J connectivity index is 1.96. The number of benzene rings is 1. The average Bonchev–Trinajstić information content (AvgIpc) is 2.49. The lowest BCUT2D eigenvalue weighted by molar-refractivity contribution is -0.141. The smallest absolute Gasteiger partial charge is 0.253 e. The van der Waals surface area contributed by atoms with Gasteiger partial charge in [-0.15, -0.1) is 0 Å². The van der Waals surface area contributed by atoms with Crippen molar-refractivity contribution in [2.75, 3.05) is 44.7 Å². The number of hydrogen-bond acceptors (Lipinski definition) is 5. The zero-order valence-electron chi connectivity index (χ0n) is 11.7. The van der Waals surface area contributed by atoms with Gasteiger partial charge in [-0.1, -0.05) is 12.1 Å². The summed E-state index contributed by atoms with van der Waals surface area (Å²) >= 11 is 0. The summed E-state index contributed by atoms with van der Waals surface area (Å²) in [6.45, 7) is 2.77. The number of para-hydroxylation sites is 2. The van der Waals surface area contributed by atoms with E-state index in [9.17, 15) is 9.90 Å². The summed E-state index contributed by atoms with van der Waals surface area (Å²) < 4.78 is 5.08. The average molecular weight is 279 g/mol. The van der Waals surface area contributed by atoms with E-state index in [0.717, 1.165) is 5.69 Å². The van der Waals surface area contributed by atoms with Gasteiger partial charge < -0.3 is 25.4 Å². The molecule has 1 unspecified atom stereocenters. The maximum absolute atomic E-state index is 12.1. The summed E-state index contributed by atoms with van der Waals surface area (Å²) in [5.41, 5.74) is 6.32. The van der Waals surface area contributed by atoms with Crippen molar-refractivity contribution in [3.05, 3.63) is 24.3 Å². The molecule has 1 aliphatic rings. The molecule has 0 aromatic heterocycles. The Kier molecular flexibility index (Phi) is 4.81. The number of carbonyl (C=O) groups is 1. The molecular weight excluding hydrogens is 258 g/mol. The number of phenols is 1. The standard InChI is InChI=1S/C14H21N3O3/c1-20-13(10-15)14(19)17-8-6-16(7-9-17)11-4-2-3-5-12(11)18/h2-5,13,18H,6-10,15H2,1H3. The van der Waals surface area contributed by atoms with Crippen LogP contribution >= 0.6 is 0 Å². The maximum atomic E-state index is 12.1. The number of hydrogen-bond donors (Lipinski definition) is 2. The predicted octanol–water partition coefficient (Wildman–Crippen LogP) is 0.0145. The van der Waals surface area contributed by atoms with Gasteiger partial charge >= 0.3 is 0 Å². The Labute approximate surface area is 118 Å². The maximum Gasteiger partial charge on any atom is 0.253 e. The number of nitrogens with zero attached hydrogens (tertiary/aromatic N) is 2. The first-order valence-electron chi connectivity index (χ1n) is 6.72. The van der Waals surface area contributed by atoms with Crippen molar-refractivity contribution in [1.82, 2.24) is 4.90 Å². The Morgan fingerprint density at radius 3 is 2.55 bits per heavy atom. The fourth-order valence-electron chi connectivity index (χ4n) is 2.40. The largest absolute Gasteiger partial charge is 0.506 e. The summed E-state index contributed by atoms with van der Waals surface area (Å²) in [7, 11) is 1.49. The van der Waals surface area contributed by atoms with Crippen LogP contribution in [0.4, 0.5) is 5.69 Å². The van der Waals surface area contributed by atoms with Crippen LogP contribution in [0.1, 0.15) is 0 Å². The summed E-state index contributed by atoms with van der Waals surface area (Å²) in [6.07, 6.45) is -0.563. The van der Waals surface area contributed by atoms with Gasteiger partial charge in [0, 0.05) is 39.8 Å². The van der Waals surface area contributed by atoms with Gasteiger partial charge in [-0.2, -0.15) is 0 Å². The Hall–Kier alpha value is -1.79. The normalized spacial score (nSPS) is 17.1. The zero-order valence-corrected chi connectivity index (χ0v) is 11.7. The number of anilines is 1. The number of piperazine rings is 1. The number of rotatable bonds is 4. The molecule has 0 bridgehead atoms. The molecule has 1 fully saturated rings. The highest BCUT2D eigenvalue weighted by Crippen LogP contribution is 2.27. The van der Waals surface area contributed by atoms with Crippen LogP contribution in [0.15, 0.2) is 24.3 Å². The molecule has 2 rings (SSSR count). The molecule has 110 valence electrons. The van der Waals surface area contributed by atoms with Gasteiger partial charge in [0.15, 0.2) is 0 Å². The van der Waals surface area contributed by atoms with E-state index >= 15 is 0 Å². The molecule has 1 saturated heterocycles. The highest BCUT2D eigenvalue weighted by atomic mass is 16.5. The van der Waals surface area contributed by atoms with Crippen LogP contribution in [-0.2, 0) is 9.53 Å². The van der Waals surface area contributed by atoms with Gasteiger partial charge in [0.25, 0.3) is 5.91 Å². The predicted molar refractivity (Wildman–Crippen MR) is 76.8 cm³/mol. The van der Waals surface area contributed by atoms with Crippen LogP contribution < -0.4 is 10.6 Å². The molecule has 1 aromatic rings. The van der Waals surface area contributed by atoms with Crippen molar-refractivity contribution in [1.29, 1.82) is 0 Å². The monoisotopic (exact) mass is 279 g/mol. The van der Waals surface area contributed by atoms with Crippen molar-refractivity contribution < 1.29 is 14.6 Å². The number of carbonyl (C=O) groups excluding carboxylic acids is 1. The van der Waals surface area contributed by atoms with E-state index in [-0.39, 0.29) is 18.2 Å². The van der Waals surface area contributed by atoms with Gasteiger partial charge in [0.2, 0.25) is 0 Å². The second kappa shape index (κ2) is 6.58. The third-order valence-corrected chi connectivity index (χ3v) is 3.59. The SMILES string of the molecule is COC(CN)C(=O)N1CCN(c2ccccc2O)CC1. The summed E-state index contributed by atoms with van der Waals surface area (Å²) in [5, 5.41) is 9.84. The van der Waals surface area contributed by atoms with Crippen LogP contribution in [0.25, 0.3) is 0 Å². The summed E-state index contributed by atoms with van der Waals surface area (Å²) in [6, 6.07) is 7.23. The second-order valence-corrected chi connectivity index (χ2v) is 4.76. The van der Waals surface area contributed by atoms with Crippen molar-refractivity contribution in [2.24, 2.45) is 5.73 Å². The summed E-state index contributed by atoms with van der Waals surface area (Å²) in [5.74, 6) is 0.205. The highest BCUT2D eigenvalue weighted by molar-refractivity contribution is 5.81. The Bertz CT molecular complexity index is 455. The van der Waals surface area contributed by atoms with Crippen LogP contribution in [0.3, 0.4) is 0 Å². The number of amides is 1. The fourth-order valence-corrected chi connectivity index (χ4v) is 2.40. The van der Waals surface area contributed by atoms with Gasteiger partial charge in [0.05, 0.1) is 5.69 Å². The number of phenolic OH excluding ortho intramolecular Hbond substituents is 1. The van der Waals surface area contributed by atoms with E-state index in [1.165, 1.54) is 7.11 Å². The van der Waals surface area contributed by atoms with E-state index in [1.54, 1.807) is 17.0 Å². The minimum absolute atomic E-state index is 0.0630. The van der Waals surface area contributed by atoms with E-state index in [1.807, 2.05) is 12.1 Å².